The van der Waals surface area contributed by atoms with E-state index in [0.717, 1.165) is 0 Å². The van der Waals surface area contributed by atoms with Crippen molar-refractivity contribution in [1.82, 2.24) is 4.98 Å². The van der Waals surface area contributed by atoms with Gasteiger partial charge in [-0.3, -0.25) is 4.98 Å². The SMILES string of the molecule is CSCC(C#N)C(O)c1ccccn1. The maximum Gasteiger partial charge on any atom is 0.112 e. The standard InChI is InChI=1S/C10H12N2OS/c1-14-7-8(6-11)10(13)9-4-2-3-5-12-9/h2-5,8,10,13H,7H2,1H3. The molecule has 1 aromatic heterocycles. The number of nitrogens with zero attached hydrogens (tertiary/aromatic N) is 2. The van der Waals surface area contributed by atoms with Crippen molar-refractivity contribution in [3.05, 3.63) is 30.1 Å². The molecule has 0 aromatic carbocycles. The van der Waals surface area contributed by atoms with E-state index in [9.17, 15) is 5.11 Å². The maximum absolute atomic E-state index is 9.81. The molecule has 0 amide bonds. The van der Waals surface area contributed by atoms with Gasteiger partial charge in [0.1, 0.15) is 6.10 Å². The van der Waals surface area contributed by atoms with Gasteiger partial charge in [0.2, 0.25) is 0 Å². The topological polar surface area (TPSA) is 56.9 Å². The number of pyridine rings is 1. The fourth-order valence-corrected chi connectivity index (χ4v) is 1.75. The third-order valence-electron chi connectivity index (χ3n) is 1.88. The van der Waals surface area contributed by atoms with Gasteiger partial charge in [-0.2, -0.15) is 17.0 Å². The number of hydrogen-bond donors (Lipinski definition) is 1. The molecule has 74 valence electrons. The number of nitriles is 1. The molecule has 0 aliphatic heterocycles. The number of rotatable bonds is 4. The van der Waals surface area contributed by atoms with Crippen LogP contribution in [0, 0.1) is 17.2 Å². The molecule has 2 unspecified atom stereocenters. The van der Waals surface area contributed by atoms with E-state index >= 15 is 0 Å². The lowest BCUT2D eigenvalue weighted by molar-refractivity contribution is 0.140. The van der Waals surface area contributed by atoms with Gasteiger partial charge in [0, 0.05) is 11.9 Å². The molecular formula is C10H12N2OS. The summed E-state index contributed by atoms with van der Waals surface area (Å²) in [6, 6.07) is 7.41. The molecule has 1 rings (SSSR count). The largest absolute Gasteiger partial charge is 0.385 e. The minimum Gasteiger partial charge on any atom is -0.385 e. The second-order valence-electron chi connectivity index (χ2n) is 2.89. The molecule has 0 saturated heterocycles. The highest BCUT2D eigenvalue weighted by atomic mass is 32.2. The van der Waals surface area contributed by atoms with Gasteiger partial charge in [-0.1, -0.05) is 6.07 Å². The Bertz CT molecular complexity index is 310. The second-order valence-corrected chi connectivity index (χ2v) is 3.80. The monoisotopic (exact) mass is 208 g/mol. The summed E-state index contributed by atoms with van der Waals surface area (Å²) in [6.45, 7) is 0. The van der Waals surface area contributed by atoms with E-state index in [0.29, 0.717) is 11.4 Å². The molecule has 0 aliphatic rings. The van der Waals surface area contributed by atoms with Crippen molar-refractivity contribution in [2.45, 2.75) is 6.10 Å². The van der Waals surface area contributed by atoms with Gasteiger partial charge in [0.15, 0.2) is 0 Å². The summed E-state index contributed by atoms with van der Waals surface area (Å²) in [5.41, 5.74) is 0.563. The number of thioether (sulfide) groups is 1. The van der Waals surface area contributed by atoms with Gasteiger partial charge >= 0.3 is 0 Å². The number of hydrogen-bond acceptors (Lipinski definition) is 4. The highest BCUT2D eigenvalue weighted by molar-refractivity contribution is 7.98. The molecule has 0 saturated carbocycles. The lowest BCUT2D eigenvalue weighted by Gasteiger charge is -2.14. The Morgan fingerprint density at radius 2 is 2.43 bits per heavy atom. The molecule has 0 aliphatic carbocycles. The fourth-order valence-electron chi connectivity index (χ4n) is 1.14. The molecule has 1 aromatic rings. The van der Waals surface area contributed by atoms with Crippen molar-refractivity contribution in [1.29, 1.82) is 5.26 Å². The van der Waals surface area contributed by atoms with Crippen LogP contribution in [0.25, 0.3) is 0 Å². The van der Waals surface area contributed by atoms with Gasteiger partial charge in [0.25, 0.3) is 0 Å². The Hall–Kier alpha value is -1.05. The first-order valence-corrected chi connectivity index (χ1v) is 5.66. The van der Waals surface area contributed by atoms with Gasteiger partial charge < -0.3 is 5.11 Å². The fraction of sp³-hybridized carbons (Fsp3) is 0.400. The van der Waals surface area contributed by atoms with Crippen LogP contribution in [-0.2, 0) is 0 Å². The molecule has 0 radical (unpaired) electrons. The lowest BCUT2D eigenvalue weighted by atomic mass is 10.0. The zero-order valence-corrected chi connectivity index (χ0v) is 8.74. The summed E-state index contributed by atoms with van der Waals surface area (Å²) in [4.78, 5) is 4.02. The van der Waals surface area contributed by atoms with Crippen molar-refractivity contribution in [3.63, 3.8) is 0 Å². The molecule has 4 heteroatoms. The van der Waals surface area contributed by atoms with E-state index in [1.54, 1.807) is 36.2 Å². The molecule has 14 heavy (non-hydrogen) atoms. The van der Waals surface area contributed by atoms with Gasteiger partial charge in [-0.25, -0.2) is 0 Å². The molecular weight excluding hydrogens is 196 g/mol. The minimum atomic E-state index is -0.784. The zero-order valence-electron chi connectivity index (χ0n) is 7.92. The van der Waals surface area contributed by atoms with E-state index in [1.165, 1.54) is 0 Å². The summed E-state index contributed by atoms with van der Waals surface area (Å²) in [5, 5.41) is 18.7. The average Bonchev–Trinajstić information content (AvgIpc) is 2.26. The quantitative estimate of drug-likeness (QED) is 0.816. The van der Waals surface area contributed by atoms with Gasteiger partial charge in [-0.15, -0.1) is 0 Å². The van der Waals surface area contributed by atoms with Crippen molar-refractivity contribution in [2.75, 3.05) is 12.0 Å². The molecule has 1 N–H and O–H groups in total. The van der Waals surface area contributed by atoms with Crippen LogP contribution in [0.15, 0.2) is 24.4 Å². The highest BCUT2D eigenvalue weighted by Crippen LogP contribution is 2.21. The second kappa shape index (κ2) is 5.63. The first-order chi connectivity index (χ1) is 6.79. The number of aliphatic hydroxyl groups is 1. The van der Waals surface area contributed by atoms with Crippen LogP contribution in [0.2, 0.25) is 0 Å². The first-order valence-electron chi connectivity index (χ1n) is 4.27. The van der Waals surface area contributed by atoms with E-state index in [-0.39, 0.29) is 5.92 Å². The Labute approximate surface area is 87.8 Å². The number of aliphatic hydroxyl groups excluding tert-OH is 1. The third kappa shape index (κ3) is 2.72. The molecule has 1 heterocycles. The Morgan fingerprint density at radius 1 is 1.64 bits per heavy atom. The first kappa shape index (κ1) is 11.0. The third-order valence-corrected chi connectivity index (χ3v) is 2.58. The molecule has 0 bridgehead atoms. The van der Waals surface area contributed by atoms with E-state index < -0.39 is 6.10 Å². The van der Waals surface area contributed by atoms with Crippen molar-refractivity contribution in [3.8, 4) is 6.07 Å². The number of aromatic nitrogens is 1. The van der Waals surface area contributed by atoms with Crippen LogP contribution in [0.4, 0.5) is 0 Å². The summed E-state index contributed by atoms with van der Waals surface area (Å²) in [7, 11) is 0. The average molecular weight is 208 g/mol. The minimum absolute atomic E-state index is 0.389. The molecule has 2 atom stereocenters. The normalized spacial score (nSPS) is 14.4. The van der Waals surface area contributed by atoms with E-state index in [1.807, 2.05) is 6.26 Å². The van der Waals surface area contributed by atoms with Crippen LogP contribution >= 0.6 is 11.8 Å². The van der Waals surface area contributed by atoms with Crippen LogP contribution in [0.5, 0.6) is 0 Å². The van der Waals surface area contributed by atoms with Crippen molar-refractivity contribution in [2.24, 2.45) is 5.92 Å². The van der Waals surface area contributed by atoms with Crippen LogP contribution in [0.3, 0.4) is 0 Å². The lowest BCUT2D eigenvalue weighted by Crippen LogP contribution is -2.14. The highest BCUT2D eigenvalue weighted by Gasteiger charge is 2.20. The van der Waals surface area contributed by atoms with E-state index in [4.69, 9.17) is 5.26 Å². The predicted molar refractivity (Wildman–Crippen MR) is 56.7 cm³/mol. The Kier molecular flexibility index (Phi) is 4.44. The Balaban J connectivity index is 2.74. The Morgan fingerprint density at radius 3 is 2.93 bits per heavy atom. The molecule has 3 nitrogen and oxygen atoms in total. The van der Waals surface area contributed by atoms with Gasteiger partial charge in [-0.05, 0) is 18.4 Å². The summed E-state index contributed by atoms with van der Waals surface area (Å²) in [5.74, 6) is 0.230. The maximum atomic E-state index is 9.81. The summed E-state index contributed by atoms with van der Waals surface area (Å²) < 4.78 is 0. The van der Waals surface area contributed by atoms with Crippen LogP contribution in [0.1, 0.15) is 11.8 Å². The van der Waals surface area contributed by atoms with Crippen molar-refractivity contribution >= 4 is 11.8 Å². The van der Waals surface area contributed by atoms with Gasteiger partial charge in [0.05, 0.1) is 17.7 Å². The van der Waals surface area contributed by atoms with E-state index in [2.05, 4.69) is 11.1 Å². The van der Waals surface area contributed by atoms with Crippen LogP contribution in [-0.4, -0.2) is 22.1 Å². The molecule has 0 fully saturated rings. The van der Waals surface area contributed by atoms with Crippen LogP contribution < -0.4 is 0 Å². The molecule has 0 spiro atoms. The predicted octanol–water partition coefficient (Wildman–Crippen LogP) is 1.62. The summed E-state index contributed by atoms with van der Waals surface area (Å²) >= 11 is 1.55. The van der Waals surface area contributed by atoms with Crippen molar-refractivity contribution < 1.29 is 5.11 Å². The summed E-state index contributed by atoms with van der Waals surface area (Å²) in [6.07, 6.45) is 2.75. The smallest absolute Gasteiger partial charge is 0.112 e. The zero-order chi connectivity index (χ0) is 10.4.